The standard InChI is InChI=1S/C22H23N3O4/c1-4-18(23-14(2)15-8-6-5-7-9-15)19-20(26)24-22(28)25(21(19)27)16-10-12-17(29-3)13-11-16/h5-14,27H,4H2,1-3H3,(H,24,26,28)/t14-/m0/s1. The second kappa shape index (κ2) is 8.60. The fraction of sp³-hybridized carbons (Fsp3) is 0.227. The minimum Gasteiger partial charge on any atom is -0.497 e. The molecule has 0 unspecified atom stereocenters. The predicted molar refractivity (Wildman–Crippen MR) is 113 cm³/mol. The second-order valence-electron chi connectivity index (χ2n) is 6.51. The number of aliphatic imine (C=N–C) groups is 1. The molecule has 0 aliphatic rings. The van der Waals surface area contributed by atoms with Gasteiger partial charge in [0.05, 0.1) is 24.6 Å². The maximum absolute atomic E-state index is 12.5. The van der Waals surface area contributed by atoms with Crippen LogP contribution >= 0.6 is 0 Å². The van der Waals surface area contributed by atoms with Gasteiger partial charge in [0.1, 0.15) is 11.3 Å². The highest BCUT2D eigenvalue weighted by atomic mass is 16.5. The normalized spacial score (nSPS) is 12.6. The zero-order valence-electron chi connectivity index (χ0n) is 16.5. The number of nitrogens with one attached hydrogen (secondary N) is 1. The van der Waals surface area contributed by atoms with E-state index in [-0.39, 0.29) is 11.6 Å². The van der Waals surface area contributed by atoms with Crippen LogP contribution in [0, 0.1) is 0 Å². The Labute approximate surface area is 168 Å². The van der Waals surface area contributed by atoms with Gasteiger partial charge in [0.15, 0.2) is 0 Å². The molecule has 0 amide bonds. The molecule has 150 valence electrons. The Balaban J connectivity index is 2.14. The molecule has 7 heteroatoms. The summed E-state index contributed by atoms with van der Waals surface area (Å²) in [6, 6.07) is 16.0. The number of hydrogen-bond acceptors (Lipinski definition) is 5. The quantitative estimate of drug-likeness (QED) is 0.629. The number of aromatic amines is 1. The van der Waals surface area contributed by atoms with Crippen LogP contribution in [0.15, 0.2) is 69.2 Å². The highest BCUT2D eigenvalue weighted by Crippen LogP contribution is 2.23. The first-order valence-electron chi connectivity index (χ1n) is 9.31. The zero-order valence-corrected chi connectivity index (χ0v) is 16.5. The minimum atomic E-state index is -0.729. The van der Waals surface area contributed by atoms with Crippen molar-refractivity contribution in [2.45, 2.75) is 26.3 Å². The smallest absolute Gasteiger partial charge is 0.335 e. The summed E-state index contributed by atoms with van der Waals surface area (Å²) >= 11 is 0. The van der Waals surface area contributed by atoms with Crippen molar-refractivity contribution in [2.75, 3.05) is 7.11 Å². The number of methoxy groups -OCH3 is 1. The van der Waals surface area contributed by atoms with Crippen molar-refractivity contribution < 1.29 is 9.84 Å². The summed E-state index contributed by atoms with van der Waals surface area (Å²) in [5, 5.41) is 10.8. The van der Waals surface area contributed by atoms with Crippen LogP contribution in [0.1, 0.15) is 37.4 Å². The van der Waals surface area contributed by atoms with Crippen LogP contribution in [-0.2, 0) is 0 Å². The van der Waals surface area contributed by atoms with Gasteiger partial charge in [-0.05, 0) is 43.2 Å². The number of ether oxygens (including phenoxy) is 1. The van der Waals surface area contributed by atoms with Crippen molar-refractivity contribution in [1.29, 1.82) is 0 Å². The zero-order chi connectivity index (χ0) is 21.0. The van der Waals surface area contributed by atoms with Gasteiger partial charge in [-0.25, -0.2) is 9.36 Å². The molecule has 0 saturated heterocycles. The van der Waals surface area contributed by atoms with Gasteiger partial charge in [-0.2, -0.15) is 0 Å². The lowest BCUT2D eigenvalue weighted by atomic mass is 10.1. The van der Waals surface area contributed by atoms with E-state index in [2.05, 4.69) is 9.98 Å². The van der Waals surface area contributed by atoms with Crippen molar-refractivity contribution in [2.24, 2.45) is 4.99 Å². The topological polar surface area (TPSA) is 96.7 Å². The lowest BCUT2D eigenvalue weighted by Gasteiger charge is -2.14. The first-order chi connectivity index (χ1) is 14.0. The van der Waals surface area contributed by atoms with E-state index in [1.165, 1.54) is 7.11 Å². The number of aromatic nitrogens is 2. The summed E-state index contributed by atoms with van der Waals surface area (Å²) in [5.74, 6) is 0.170. The van der Waals surface area contributed by atoms with Crippen LogP contribution < -0.4 is 16.0 Å². The Morgan fingerprint density at radius 2 is 1.79 bits per heavy atom. The number of H-pyrrole nitrogens is 1. The average Bonchev–Trinajstić information content (AvgIpc) is 2.73. The van der Waals surface area contributed by atoms with Gasteiger partial charge in [0, 0.05) is 0 Å². The van der Waals surface area contributed by atoms with Gasteiger partial charge in [-0.15, -0.1) is 0 Å². The van der Waals surface area contributed by atoms with Gasteiger partial charge in [0.2, 0.25) is 5.88 Å². The molecule has 3 aromatic rings. The monoisotopic (exact) mass is 393 g/mol. The Kier molecular flexibility index (Phi) is 5.97. The molecule has 0 aliphatic carbocycles. The third-order valence-electron chi connectivity index (χ3n) is 4.67. The largest absolute Gasteiger partial charge is 0.497 e. The fourth-order valence-electron chi connectivity index (χ4n) is 3.13. The molecule has 1 atom stereocenters. The summed E-state index contributed by atoms with van der Waals surface area (Å²) in [6.07, 6.45) is 0.411. The molecule has 2 aromatic carbocycles. The van der Waals surface area contributed by atoms with E-state index < -0.39 is 17.1 Å². The Bertz CT molecular complexity index is 1130. The van der Waals surface area contributed by atoms with Crippen molar-refractivity contribution in [1.82, 2.24) is 9.55 Å². The maximum atomic E-state index is 12.5. The molecule has 0 aliphatic heterocycles. The predicted octanol–water partition coefficient (Wildman–Crippen LogP) is 3.20. The van der Waals surface area contributed by atoms with E-state index in [0.29, 0.717) is 23.6 Å². The number of nitrogens with zero attached hydrogens (tertiary/aromatic N) is 2. The minimum absolute atomic E-state index is 0.00861. The summed E-state index contributed by atoms with van der Waals surface area (Å²) in [6.45, 7) is 3.76. The van der Waals surface area contributed by atoms with Gasteiger partial charge < -0.3 is 9.84 Å². The van der Waals surface area contributed by atoms with Gasteiger partial charge in [-0.1, -0.05) is 37.3 Å². The molecule has 1 aromatic heterocycles. The maximum Gasteiger partial charge on any atom is 0.335 e. The van der Waals surface area contributed by atoms with E-state index in [1.54, 1.807) is 24.3 Å². The molecule has 0 saturated carbocycles. The summed E-state index contributed by atoms with van der Waals surface area (Å²) in [5.41, 5.74) is 0.398. The lowest BCUT2D eigenvalue weighted by Crippen LogP contribution is -2.33. The number of rotatable bonds is 6. The Morgan fingerprint density at radius 1 is 1.14 bits per heavy atom. The van der Waals surface area contributed by atoms with E-state index in [0.717, 1.165) is 10.1 Å². The molecule has 0 radical (unpaired) electrons. The van der Waals surface area contributed by atoms with Crippen molar-refractivity contribution >= 4 is 5.71 Å². The fourth-order valence-corrected chi connectivity index (χ4v) is 3.13. The van der Waals surface area contributed by atoms with Crippen molar-refractivity contribution in [3.8, 4) is 17.3 Å². The van der Waals surface area contributed by atoms with Gasteiger partial charge >= 0.3 is 5.69 Å². The first-order valence-corrected chi connectivity index (χ1v) is 9.31. The molecule has 29 heavy (non-hydrogen) atoms. The van der Waals surface area contributed by atoms with E-state index >= 15 is 0 Å². The highest BCUT2D eigenvalue weighted by Gasteiger charge is 2.20. The Morgan fingerprint density at radius 3 is 2.38 bits per heavy atom. The van der Waals surface area contributed by atoms with E-state index in [4.69, 9.17) is 4.74 Å². The van der Waals surface area contributed by atoms with Crippen molar-refractivity contribution in [3.63, 3.8) is 0 Å². The lowest BCUT2D eigenvalue weighted by molar-refractivity contribution is 0.414. The molecule has 7 nitrogen and oxygen atoms in total. The van der Waals surface area contributed by atoms with Crippen molar-refractivity contribution in [3.05, 3.63) is 86.6 Å². The third-order valence-corrected chi connectivity index (χ3v) is 4.67. The number of benzene rings is 2. The first kappa shape index (κ1) is 20.1. The molecule has 0 spiro atoms. The van der Waals surface area contributed by atoms with Crippen LogP contribution in [0.4, 0.5) is 0 Å². The second-order valence-corrected chi connectivity index (χ2v) is 6.51. The van der Waals surface area contributed by atoms with Crippen LogP contribution in [0.5, 0.6) is 11.6 Å². The number of aromatic hydroxyl groups is 1. The number of hydrogen-bond donors (Lipinski definition) is 2. The molecule has 1 heterocycles. The van der Waals surface area contributed by atoms with E-state index in [1.807, 2.05) is 44.2 Å². The van der Waals surface area contributed by atoms with Gasteiger partial charge in [-0.3, -0.25) is 14.8 Å². The summed E-state index contributed by atoms with van der Waals surface area (Å²) < 4.78 is 6.17. The Hall–Kier alpha value is -3.61. The van der Waals surface area contributed by atoms with E-state index in [9.17, 15) is 14.7 Å². The van der Waals surface area contributed by atoms with Crippen LogP contribution in [0.3, 0.4) is 0 Å². The van der Waals surface area contributed by atoms with Gasteiger partial charge in [0.25, 0.3) is 5.56 Å². The summed E-state index contributed by atoms with van der Waals surface area (Å²) in [4.78, 5) is 31.9. The molecular formula is C22H23N3O4. The van der Waals surface area contributed by atoms with Crippen LogP contribution in [0.2, 0.25) is 0 Å². The molecule has 2 N–H and O–H groups in total. The third kappa shape index (κ3) is 4.13. The highest BCUT2D eigenvalue weighted by molar-refractivity contribution is 6.02. The van der Waals surface area contributed by atoms with Crippen LogP contribution in [-0.4, -0.2) is 27.5 Å². The average molecular weight is 393 g/mol. The van der Waals surface area contributed by atoms with Crippen LogP contribution in [0.25, 0.3) is 5.69 Å². The molecule has 3 rings (SSSR count). The molecule has 0 bridgehead atoms. The summed E-state index contributed by atoms with van der Waals surface area (Å²) in [7, 11) is 1.54. The molecule has 0 fully saturated rings. The SMILES string of the molecule is CCC(=N[C@@H](C)c1ccccc1)c1c(O)n(-c2ccc(OC)cc2)c(=O)[nH]c1=O. The molecular weight excluding hydrogens is 370 g/mol.